The van der Waals surface area contributed by atoms with Crippen molar-refractivity contribution in [3.05, 3.63) is 85.1 Å². The van der Waals surface area contributed by atoms with Gasteiger partial charge < -0.3 is 14.2 Å². The summed E-state index contributed by atoms with van der Waals surface area (Å²) in [5.41, 5.74) is 0. The monoisotopic (exact) mass is 1030 g/mol. The quantitative estimate of drug-likeness (QED) is 0.0261. The Morgan fingerprint density at radius 3 is 0.851 bits per heavy atom. The van der Waals surface area contributed by atoms with Crippen LogP contribution in [0.1, 0.15) is 310 Å². The summed E-state index contributed by atoms with van der Waals surface area (Å²) in [6.45, 7) is 6.40. The summed E-state index contributed by atoms with van der Waals surface area (Å²) in [5, 5.41) is 0. The summed E-state index contributed by atoms with van der Waals surface area (Å²) in [4.78, 5) is 38.2. The Balaban J connectivity index is 4.29. The lowest BCUT2D eigenvalue weighted by atomic mass is 10.0. The molecule has 0 spiro atoms. The van der Waals surface area contributed by atoms with Crippen LogP contribution in [-0.2, 0) is 28.6 Å². The lowest BCUT2D eigenvalue weighted by Gasteiger charge is -2.18. The highest BCUT2D eigenvalue weighted by Crippen LogP contribution is 2.17. The molecule has 0 bridgehead atoms. The minimum absolute atomic E-state index is 0.0969. The number of hydrogen-bond acceptors (Lipinski definition) is 6. The first-order valence-corrected chi connectivity index (χ1v) is 31.6. The molecule has 74 heavy (non-hydrogen) atoms. The molecule has 6 nitrogen and oxygen atoms in total. The van der Waals surface area contributed by atoms with Crippen molar-refractivity contribution in [3.63, 3.8) is 0 Å². The molecule has 0 aromatic heterocycles. The highest BCUT2D eigenvalue weighted by atomic mass is 16.6. The number of carbonyl (C=O) groups excluding carboxylic acids is 3. The molecule has 0 aliphatic heterocycles. The average molecular weight is 1030 g/mol. The topological polar surface area (TPSA) is 78.9 Å². The van der Waals surface area contributed by atoms with E-state index in [0.29, 0.717) is 19.3 Å². The van der Waals surface area contributed by atoms with Crippen LogP contribution in [0.15, 0.2) is 85.1 Å². The molecule has 0 N–H and O–H groups in total. The molecule has 0 amide bonds. The average Bonchev–Trinajstić information content (AvgIpc) is 3.40. The minimum Gasteiger partial charge on any atom is -0.462 e. The van der Waals surface area contributed by atoms with Crippen molar-refractivity contribution in [1.29, 1.82) is 0 Å². The van der Waals surface area contributed by atoms with Crippen molar-refractivity contribution in [2.45, 2.75) is 316 Å². The van der Waals surface area contributed by atoms with Crippen LogP contribution < -0.4 is 0 Å². The normalized spacial score (nSPS) is 12.6. The first-order chi connectivity index (χ1) is 36.5. The number of unbranched alkanes of at least 4 members (excludes halogenated alkanes) is 32. The van der Waals surface area contributed by atoms with E-state index in [1.165, 1.54) is 148 Å². The van der Waals surface area contributed by atoms with E-state index in [0.717, 1.165) is 116 Å². The van der Waals surface area contributed by atoms with Gasteiger partial charge in [0, 0.05) is 19.3 Å². The predicted octanol–water partition coefficient (Wildman–Crippen LogP) is 21.5. The maximum absolute atomic E-state index is 12.9. The summed E-state index contributed by atoms with van der Waals surface area (Å²) < 4.78 is 16.9. The van der Waals surface area contributed by atoms with Gasteiger partial charge in [0.1, 0.15) is 13.2 Å². The van der Waals surface area contributed by atoms with Crippen LogP contribution in [0, 0.1) is 0 Å². The number of ether oxygens (including phenoxy) is 3. The second kappa shape index (κ2) is 62.1. The number of hydrogen-bond donors (Lipinski definition) is 0. The fraction of sp³-hybridized carbons (Fsp3) is 0.750. The Hall–Kier alpha value is -3.41. The number of allylic oxidation sites excluding steroid dienone is 14. The molecule has 0 aliphatic carbocycles. The predicted molar refractivity (Wildman–Crippen MR) is 321 cm³/mol. The molecule has 0 aliphatic rings. The highest BCUT2D eigenvalue weighted by Gasteiger charge is 2.19. The Kier molecular flexibility index (Phi) is 59.3. The third-order valence-electron chi connectivity index (χ3n) is 13.6. The summed E-state index contributed by atoms with van der Waals surface area (Å²) in [5.74, 6) is -0.946. The van der Waals surface area contributed by atoms with Crippen LogP contribution in [0.3, 0.4) is 0 Å². The van der Waals surface area contributed by atoms with Crippen molar-refractivity contribution in [1.82, 2.24) is 0 Å². The fourth-order valence-electron chi connectivity index (χ4n) is 8.98. The molecule has 6 heteroatoms. The van der Waals surface area contributed by atoms with Crippen molar-refractivity contribution >= 4 is 17.9 Å². The van der Waals surface area contributed by atoms with E-state index in [1.54, 1.807) is 0 Å². The fourth-order valence-corrected chi connectivity index (χ4v) is 8.98. The Morgan fingerprint density at radius 2 is 0.527 bits per heavy atom. The molecule has 1 atom stereocenters. The second-order valence-electron chi connectivity index (χ2n) is 20.9. The molecule has 0 radical (unpaired) electrons. The highest BCUT2D eigenvalue weighted by molar-refractivity contribution is 5.71. The molecule has 0 heterocycles. The van der Waals surface area contributed by atoms with E-state index < -0.39 is 6.10 Å². The van der Waals surface area contributed by atoms with Gasteiger partial charge in [-0.3, -0.25) is 14.4 Å². The van der Waals surface area contributed by atoms with Crippen molar-refractivity contribution in [2.24, 2.45) is 0 Å². The number of esters is 3. The van der Waals surface area contributed by atoms with Gasteiger partial charge >= 0.3 is 17.9 Å². The van der Waals surface area contributed by atoms with E-state index in [1.807, 2.05) is 0 Å². The standard InChI is InChI=1S/C68H118O6/c1-4-7-10-13-16-19-22-25-28-29-30-31-32-33-34-35-36-37-38-41-43-46-49-52-55-58-61-67(70)73-64-65(74-68(71)62-59-56-53-50-47-44-40-27-24-21-18-15-12-9-6-3)63-72-66(69)60-57-54-51-48-45-42-39-26-23-20-17-14-11-8-5-2/h8-9,11-12,17-18,20-21,26-27,39-40,47,50,65H,4-7,10,13-16,19,22-25,28-38,41-46,48-49,51-64H2,1-3H3/b11-8-,12-9-,20-17-,21-18-,39-26-,40-27-,50-47-. The third-order valence-corrected chi connectivity index (χ3v) is 13.6. The first kappa shape index (κ1) is 70.6. The Labute approximate surface area is 458 Å². The van der Waals surface area contributed by atoms with Crippen molar-refractivity contribution in [3.8, 4) is 0 Å². The van der Waals surface area contributed by atoms with Gasteiger partial charge in [-0.25, -0.2) is 0 Å². The van der Waals surface area contributed by atoms with Crippen molar-refractivity contribution in [2.75, 3.05) is 13.2 Å². The summed E-state index contributed by atoms with van der Waals surface area (Å²) in [6, 6.07) is 0. The Bertz CT molecular complexity index is 1420. The smallest absolute Gasteiger partial charge is 0.306 e. The molecule has 426 valence electrons. The van der Waals surface area contributed by atoms with Crippen LogP contribution >= 0.6 is 0 Å². The summed E-state index contributed by atoms with van der Waals surface area (Å²) >= 11 is 0. The SMILES string of the molecule is CC/C=C\C/C=C\C/C=C\C/C=C\CCCCC(=O)OC(COC(=O)CCCCCCC/C=C\C/C=C\C/C=C\CC)COC(=O)CCCCCCCCCCCCCCCCCCCCCCCCCCCC. The van der Waals surface area contributed by atoms with Gasteiger partial charge in [-0.1, -0.05) is 286 Å². The van der Waals surface area contributed by atoms with Gasteiger partial charge in [0.15, 0.2) is 6.10 Å². The molecular weight excluding hydrogens is 913 g/mol. The lowest BCUT2D eigenvalue weighted by Crippen LogP contribution is -2.30. The molecular formula is C68H118O6. The third kappa shape index (κ3) is 59.5. The number of rotatable bonds is 57. The second-order valence-corrected chi connectivity index (χ2v) is 20.9. The molecule has 0 aromatic carbocycles. The molecule has 0 fully saturated rings. The van der Waals surface area contributed by atoms with Crippen molar-refractivity contribution < 1.29 is 28.6 Å². The molecule has 1 unspecified atom stereocenters. The van der Waals surface area contributed by atoms with Gasteiger partial charge in [0.25, 0.3) is 0 Å². The largest absolute Gasteiger partial charge is 0.462 e. The maximum Gasteiger partial charge on any atom is 0.306 e. The first-order valence-electron chi connectivity index (χ1n) is 31.6. The van der Waals surface area contributed by atoms with E-state index in [9.17, 15) is 14.4 Å². The number of carbonyl (C=O) groups is 3. The van der Waals surface area contributed by atoms with Crippen LogP contribution in [0.5, 0.6) is 0 Å². The lowest BCUT2D eigenvalue weighted by molar-refractivity contribution is -0.167. The van der Waals surface area contributed by atoms with Gasteiger partial charge in [0.2, 0.25) is 0 Å². The molecule has 0 saturated heterocycles. The van der Waals surface area contributed by atoms with Crippen LogP contribution in [-0.4, -0.2) is 37.2 Å². The van der Waals surface area contributed by atoms with Crippen LogP contribution in [0.25, 0.3) is 0 Å². The summed E-state index contributed by atoms with van der Waals surface area (Å²) in [6.07, 6.45) is 81.8. The zero-order valence-electron chi connectivity index (χ0n) is 48.8. The van der Waals surface area contributed by atoms with Gasteiger partial charge in [-0.2, -0.15) is 0 Å². The van der Waals surface area contributed by atoms with Gasteiger partial charge in [0.05, 0.1) is 0 Å². The maximum atomic E-state index is 12.9. The van der Waals surface area contributed by atoms with Crippen LogP contribution in [0.4, 0.5) is 0 Å². The summed E-state index contributed by atoms with van der Waals surface area (Å²) in [7, 11) is 0. The van der Waals surface area contributed by atoms with Gasteiger partial charge in [-0.05, 0) is 89.9 Å². The zero-order chi connectivity index (χ0) is 53.6. The van der Waals surface area contributed by atoms with E-state index >= 15 is 0 Å². The molecule has 0 rings (SSSR count). The Morgan fingerprint density at radius 1 is 0.284 bits per heavy atom. The zero-order valence-corrected chi connectivity index (χ0v) is 48.8. The van der Waals surface area contributed by atoms with Gasteiger partial charge in [-0.15, -0.1) is 0 Å². The molecule has 0 saturated carbocycles. The van der Waals surface area contributed by atoms with E-state index in [-0.39, 0.29) is 37.5 Å². The molecule has 0 aromatic rings. The van der Waals surface area contributed by atoms with E-state index in [4.69, 9.17) is 14.2 Å². The van der Waals surface area contributed by atoms with Crippen LogP contribution in [0.2, 0.25) is 0 Å². The minimum atomic E-state index is -0.805. The van der Waals surface area contributed by atoms with E-state index in [2.05, 4.69) is 106 Å².